The van der Waals surface area contributed by atoms with Gasteiger partial charge in [0.05, 0.1) is 0 Å². The van der Waals surface area contributed by atoms with Crippen LogP contribution in [0.1, 0.15) is 39.0 Å². The second-order valence-corrected chi connectivity index (χ2v) is 9.32. The van der Waals surface area contributed by atoms with Gasteiger partial charge in [0, 0.05) is 32.0 Å². The molecular weight excluding hydrogens is 442 g/mol. The molecule has 1 saturated heterocycles. The number of hydrogen-bond donors (Lipinski definition) is 0. The first kappa shape index (κ1) is 24.5. The molecule has 32 heavy (non-hydrogen) atoms. The number of carbonyl (C=O) groups is 1. The standard InChI is InChI=1S/C25H31N3O2S.ClH/c1-19(29)28(21-13-15-23(16-14-21)30-22-11-7-4-8-12-22)24-18-31-25(27(24)2)26-17-20-9-5-3-6-10-20;/h4,7-8,11-16,20,24H,3,5-6,9-10,17-18H2,1-2H3;1H. The van der Waals surface area contributed by atoms with Crippen molar-refractivity contribution in [3.63, 3.8) is 0 Å². The lowest BCUT2D eigenvalue weighted by Crippen LogP contribution is -2.48. The van der Waals surface area contributed by atoms with Gasteiger partial charge in [-0.15, -0.1) is 12.4 Å². The number of amides is 1. The average Bonchev–Trinajstić information content (AvgIpc) is 3.15. The van der Waals surface area contributed by atoms with E-state index < -0.39 is 0 Å². The number of rotatable bonds is 6. The number of carbonyl (C=O) groups excluding carboxylic acids is 1. The van der Waals surface area contributed by atoms with E-state index in [9.17, 15) is 4.79 Å². The minimum Gasteiger partial charge on any atom is -0.457 e. The van der Waals surface area contributed by atoms with Crippen LogP contribution in [0.4, 0.5) is 5.69 Å². The van der Waals surface area contributed by atoms with Crippen molar-refractivity contribution in [3.8, 4) is 11.5 Å². The molecule has 2 aromatic rings. The van der Waals surface area contributed by atoms with Crippen molar-refractivity contribution >= 4 is 40.9 Å². The van der Waals surface area contributed by atoms with E-state index in [0.29, 0.717) is 0 Å². The van der Waals surface area contributed by atoms with Crippen molar-refractivity contribution in [2.45, 2.75) is 45.2 Å². The van der Waals surface area contributed by atoms with Gasteiger partial charge in [-0.05, 0) is 55.2 Å². The van der Waals surface area contributed by atoms with Gasteiger partial charge in [-0.25, -0.2) is 0 Å². The van der Waals surface area contributed by atoms with E-state index in [0.717, 1.165) is 40.6 Å². The summed E-state index contributed by atoms with van der Waals surface area (Å²) in [5.74, 6) is 3.12. The SMILES string of the molecule is CC(=O)N(c1ccc(Oc2ccccc2)cc1)C1CSC(=NCC2CCCCC2)N1C.Cl. The van der Waals surface area contributed by atoms with Crippen molar-refractivity contribution < 1.29 is 9.53 Å². The summed E-state index contributed by atoms with van der Waals surface area (Å²) in [5, 5.41) is 1.05. The minimum absolute atomic E-state index is 0. The Labute approximate surface area is 201 Å². The largest absolute Gasteiger partial charge is 0.457 e. The Morgan fingerprint density at radius 1 is 1.06 bits per heavy atom. The van der Waals surface area contributed by atoms with Gasteiger partial charge in [0.2, 0.25) is 5.91 Å². The normalized spacial score (nSPS) is 20.1. The number of para-hydroxylation sites is 1. The van der Waals surface area contributed by atoms with Crippen molar-refractivity contribution in [2.24, 2.45) is 10.9 Å². The number of thioether (sulfide) groups is 1. The summed E-state index contributed by atoms with van der Waals surface area (Å²) in [6, 6.07) is 17.4. The van der Waals surface area contributed by atoms with Crippen molar-refractivity contribution in [1.29, 1.82) is 0 Å². The molecule has 1 atom stereocenters. The Bertz CT molecular complexity index is 901. The van der Waals surface area contributed by atoms with E-state index in [1.807, 2.05) is 66.5 Å². The molecule has 0 N–H and O–H groups in total. The Morgan fingerprint density at radius 3 is 2.38 bits per heavy atom. The van der Waals surface area contributed by atoms with Crippen LogP contribution in [-0.4, -0.2) is 41.5 Å². The Hall–Kier alpha value is -2.18. The number of halogens is 1. The van der Waals surface area contributed by atoms with Gasteiger partial charge in [0.25, 0.3) is 0 Å². The smallest absolute Gasteiger partial charge is 0.225 e. The van der Waals surface area contributed by atoms with Crippen LogP contribution in [0, 0.1) is 5.92 Å². The highest BCUT2D eigenvalue weighted by Gasteiger charge is 2.34. The number of anilines is 1. The molecule has 2 fully saturated rings. The summed E-state index contributed by atoms with van der Waals surface area (Å²) >= 11 is 1.75. The number of aliphatic imine (C=N–C) groups is 1. The quantitative estimate of drug-likeness (QED) is 0.501. The van der Waals surface area contributed by atoms with Crippen LogP contribution in [0.5, 0.6) is 11.5 Å². The van der Waals surface area contributed by atoms with Gasteiger partial charge in [-0.1, -0.05) is 49.2 Å². The summed E-state index contributed by atoms with van der Waals surface area (Å²) < 4.78 is 5.89. The Kier molecular flexibility index (Phi) is 8.88. The second kappa shape index (κ2) is 11.6. The van der Waals surface area contributed by atoms with E-state index in [1.54, 1.807) is 18.7 Å². The Morgan fingerprint density at radius 2 is 1.72 bits per heavy atom. The summed E-state index contributed by atoms with van der Waals surface area (Å²) in [7, 11) is 2.05. The highest BCUT2D eigenvalue weighted by molar-refractivity contribution is 8.14. The van der Waals surface area contributed by atoms with Gasteiger partial charge in [0.15, 0.2) is 5.17 Å². The van der Waals surface area contributed by atoms with E-state index in [-0.39, 0.29) is 24.5 Å². The van der Waals surface area contributed by atoms with Crippen molar-refractivity contribution in [1.82, 2.24) is 4.90 Å². The van der Waals surface area contributed by atoms with Crippen molar-refractivity contribution in [3.05, 3.63) is 54.6 Å². The van der Waals surface area contributed by atoms with Crippen LogP contribution < -0.4 is 9.64 Å². The first-order valence-electron chi connectivity index (χ1n) is 11.1. The molecule has 7 heteroatoms. The third kappa shape index (κ3) is 5.99. The zero-order valence-electron chi connectivity index (χ0n) is 18.8. The number of hydrogen-bond acceptors (Lipinski definition) is 4. The van der Waals surface area contributed by atoms with Crippen LogP contribution in [0.3, 0.4) is 0 Å². The zero-order chi connectivity index (χ0) is 21.6. The maximum absolute atomic E-state index is 12.6. The molecule has 2 aromatic carbocycles. The molecule has 1 aliphatic heterocycles. The maximum atomic E-state index is 12.6. The maximum Gasteiger partial charge on any atom is 0.225 e. The molecule has 5 nitrogen and oxygen atoms in total. The molecule has 1 aliphatic carbocycles. The number of nitrogens with zero attached hydrogens (tertiary/aromatic N) is 3. The highest BCUT2D eigenvalue weighted by Crippen LogP contribution is 2.32. The molecule has 0 spiro atoms. The molecule has 1 heterocycles. The van der Waals surface area contributed by atoms with Gasteiger partial charge in [-0.3, -0.25) is 14.7 Å². The monoisotopic (exact) mass is 473 g/mol. The van der Waals surface area contributed by atoms with Gasteiger partial charge < -0.3 is 9.64 Å². The van der Waals surface area contributed by atoms with Crippen LogP contribution in [-0.2, 0) is 4.79 Å². The minimum atomic E-state index is -0.0338. The summed E-state index contributed by atoms with van der Waals surface area (Å²) in [6.45, 7) is 2.54. The van der Waals surface area contributed by atoms with Crippen LogP contribution >= 0.6 is 24.2 Å². The lowest BCUT2D eigenvalue weighted by Gasteiger charge is -2.33. The zero-order valence-corrected chi connectivity index (χ0v) is 20.4. The van der Waals surface area contributed by atoms with E-state index in [1.165, 1.54) is 32.1 Å². The number of ether oxygens (including phenoxy) is 1. The lowest BCUT2D eigenvalue weighted by atomic mass is 9.89. The van der Waals surface area contributed by atoms with E-state index in [4.69, 9.17) is 9.73 Å². The number of benzene rings is 2. The highest BCUT2D eigenvalue weighted by atomic mass is 35.5. The fourth-order valence-electron chi connectivity index (χ4n) is 4.34. The van der Waals surface area contributed by atoms with E-state index >= 15 is 0 Å². The summed E-state index contributed by atoms with van der Waals surface area (Å²) in [6.07, 6.45) is 6.60. The Balaban J connectivity index is 0.00000289. The molecule has 2 aliphatic rings. The first-order chi connectivity index (χ1) is 15.1. The van der Waals surface area contributed by atoms with Crippen LogP contribution in [0.15, 0.2) is 59.6 Å². The molecule has 1 saturated carbocycles. The third-order valence-electron chi connectivity index (χ3n) is 6.05. The summed E-state index contributed by atoms with van der Waals surface area (Å²) in [4.78, 5) is 21.5. The van der Waals surface area contributed by atoms with Crippen LogP contribution in [0.25, 0.3) is 0 Å². The predicted molar refractivity (Wildman–Crippen MR) is 136 cm³/mol. The fraction of sp³-hybridized carbons (Fsp3) is 0.440. The predicted octanol–water partition coefficient (Wildman–Crippen LogP) is 6.19. The molecule has 4 rings (SSSR count). The van der Waals surface area contributed by atoms with Gasteiger partial charge >= 0.3 is 0 Å². The van der Waals surface area contributed by atoms with Crippen LogP contribution in [0.2, 0.25) is 0 Å². The van der Waals surface area contributed by atoms with Gasteiger partial charge in [0.1, 0.15) is 17.7 Å². The van der Waals surface area contributed by atoms with Crippen molar-refractivity contribution in [2.75, 3.05) is 24.2 Å². The fourth-order valence-corrected chi connectivity index (χ4v) is 5.50. The lowest BCUT2D eigenvalue weighted by molar-refractivity contribution is -0.117. The molecular formula is C25H32ClN3O2S. The number of amidine groups is 1. The van der Waals surface area contributed by atoms with Gasteiger partial charge in [-0.2, -0.15) is 0 Å². The topological polar surface area (TPSA) is 45.1 Å². The van der Waals surface area contributed by atoms with E-state index in [2.05, 4.69) is 4.90 Å². The summed E-state index contributed by atoms with van der Waals surface area (Å²) in [5.41, 5.74) is 0.874. The average molecular weight is 474 g/mol. The molecule has 0 radical (unpaired) electrons. The molecule has 1 amide bonds. The molecule has 0 aromatic heterocycles. The molecule has 0 bridgehead atoms. The second-order valence-electron chi connectivity index (χ2n) is 8.33. The molecule has 1 unspecified atom stereocenters. The first-order valence-corrected chi connectivity index (χ1v) is 12.1. The third-order valence-corrected chi connectivity index (χ3v) is 7.19. The molecule has 172 valence electrons.